The molecule has 0 aromatic heterocycles. The van der Waals surface area contributed by atoms with Crippen LogP contribution in [0.3, 0.4) is 0 Å². The molecule has 0 spiro atoms. The number of carbonyl (C=O) groups excluding carboxylic acids is 1. The molecular weight excluding hydrogens is 488 g/mol. The number of esters is 1. The summed E-state index contributed by atoms with van der Waals surface area (Å²) in [5.74, 6) is 0.794. The second-order valence-electron chi connectivity index (χ2n) is 10.9. The maximum atomic E-state index is 11.8. The Labute approximate surface area is 205 Å². The van der Waals surface area contributed by atoms with E-state index in [-0.39, 0.29) is 46.9 Å². The van der Waals surface area contributed by atoms with E-state index in [0.717, 1.165) is 51.4 Å². The minimum absolute atomic E-state index is 0.00682. The zero-order chi connectivity index (χ0) is 24.0. The lowest BCUT2D eigenvalue weighted by Crippen LogP contribution is -2.57. The summed E-state index contributed by atoms with van der Waals surface area (Å²) in [7, 11) is 0. The van der Waals surface area contributed by atoms with Gasteiger partial charge in [-0.2, -0.15) is 4.89 Å². The van der Waals surface area contributed by atoms with Crippen LogP contribution in [-0.2, 0) is 19.3 Å². The van der Waals surface area contributed by atoms with Gasteiger partial charge in [-0.3, -0.25) is 4.79 Å². The maximum Gasteiger partial charge on any atom is 0.302 e. The molecule has 7 heteroatoms. The molecule has 0 heterocycles. The van der Waals surface area contributed by atoms with Crippen molar-refractivity contribution < 1.29 is 29.5 Å². The van der Waals surface area contributed by atoms with E-state index >= 15 is 0 Å². The maximum absolute atomic E-state index is 11.8. The lowest BCUT2D eigenvalue weighted by Gasteiger charge is -2.59. The van der Waals surface area contributed by atoms with Gasteiger partial charge in [0, 0.05) is 18.8 Å². The van der Waals surface area contributed by atoms with Gasteiger partial charge in [-0.25, -0.2) is 0 Å². The highest BCUT2D eigenvalue weighted by Gasteiger charge is 2.65. The first kappa shape index (κ1) is 25.2. The van der Waals surface area contributed by atoms with Gasteiger partial charge < -0.3 is 19.8 Å². The molecule has 3 fully saturated rings. The predicted octanol–water partition coefficient (Wildman–Crippen LogP) is 4.83. The first-order chi connectivity index (χ1) is 15.7. The fraction of sp³-hybridized carbons (Fsp3) is 0.808. The molecule has 0 radical (unpaired) electrons. The fourth-order valence-electron chi connectivity index (χ4n) is 7.55. The molecule has 6 nitrogen and oxygen atoms in total. The smallest absolute Gasteiger partial charge is 0.302 e. The molecular formula is C26H39BrO6. The van der Waals surface area contributed by atoms with Crippen molar-refractivity contribution in [3.05, 3.63) is 24.0 Å². The Morgan fingerprint density at radius 1 is 1.30 bits per heavy atom. The molecule has 0 aromatic carbocycles. The van der Waals surface area contributed by atoms with Gasteiger partial charge in [0.2, 0.25) is 0 Å². The summed E-state index contributed by atoms with van der Waals surface area (Å²) in [5.41, 5.74) is 0.753. The van der Waals surface area contributed by atoms with E-state index in [4.69, 9.17) is 14.5 Å². The lowest BCUT2D eigenvalue weighted by molar-refractivity contribution is -0.301. The average molecular weight is 527 g/mol. The van der Waals surface area contributed by atoms with E-state index in [0.29, 0.717) is 11.7 Å². The SMILES string of the molecule is C=C(CCC)OO[C@H]1CC[C@@]2(C)C(=C[C@H](O)C3C4C[C@@H](Br)[C@H](OC(C)=O)[C@@]4(CO)CCC32)C1. The number of alkyl halides is 1. The van der Waals surface area contributed by atoms with Gasteiger partial charge in [-0.15, -0.1) is 0 Å². The summed E-state index contributed by atoms with van der Waals surface area (Å²) in [6, 6.07) is 0. The number of carbonyl (C=O) groups is 1. The Balaban J connectivity index is 1.56. The number of halogens is 1. The molecule has 0 aromatic rings. The number of fused-ring (bicyclic) bond motifs is 5. The molecule has 9 atom stereocenters. The first-order valence-corrected chi connectivity index (χ1v) is 13.4. The topological polar surface area (TPSA) is 85.2 Å². The molecule has 0 aliphatic heterocycles. The Hall–Kier alpha value is -0.890. The molecule has 0 amide bonds. The van der Waals surface area contributed by atoms with Gasteiger partial charge in [0.15, 0.2) is 0 Å². The van der Waals surface area contributed by atoms with Crippen LogP contribution in [-0.4, -0.2) is 45.9 Å². The third-order valence-electron chi connectivity index (χ3n) is 9.13. The summed E-state index contributed by atoms with van der Waals surface area (Å²) in [6.45, 7) is 9.72. The van der Waals surface area contributed by atoms with Crippen molar-refractivity contribution in [3.63, 3.8) is 0 Å². The van der Waals surface area contributed by atoms with E-state index in [1.165, 1.54) is 12.5 Å². The van der Waals surface area contributed by atoms with Gasteiger partial charge in [-0.05, 0) is 68.1 Å². The zero-order valence-corrected chi connectivity index (χ0v) is 21.7. The van der Waals surface area contributed by atoms with Gasteiger partial charge >= 0.3 is 5.97 Å². The monoisotopic (exact) mass is 526 g/mol. The highest BCUT2D eigenvalue weighted by molar-refractivity contribution is 9.09. The van der Waals surface area contributed by atoms with Crippen LogP contribution in [0.4, 0.5) is 0 Å². The highest BCUT2D eigenvalue weighted by atomic mass is 79.9. The molecule has 4 rings (SSSR count). The minimum atomic E-state index is -0.584. The predicted molar refractivity (Wildman–Crippen MR) is 128 cm³/mol. The van der Waals surface area contributed by atoms with Gasteiger partial charge in [0.25, 0.3) is 0 Å². The average Bonchev–Trinajstić information content (AvgIpc) is 3.04. The quantitative estimate of drug-likeness (QED) is 0.123. The number of ether oxygens (including phenoxy) is 1. The number of hydrogen-bond acceptors (Lipinski definition) is 6. The Bertz CT molecular complexity index is 798. The fourth-order valence-corrected chi connectivity index (χ4v) is 8.59. The molecule has 2 N–H and O–H groups in total. The van der Waals surface area contributed by atoms with Crippen LogP contribution in [0, 0.1) is 28.6 Å². The molecule has 3 unspecified atom stereocenters. The van der Waals surface area contributed by atoms with Crippen LogP contribution in [0.2, 0.25) is 0 Å². The van der Waals surface area contributed by atoms with Gasteiger partial charge in [0.1, 0.15) is 18.0 Å². The van der Waals surface area contributed by atoms with Crippen molar-refractivity contribution >= 4 is 21.9 Å². The Kier molecular flexibility index (Phi) is 7.36. The van der Waals surface area contributed by atoms with Crippen molar-refractivity contribution in [1.29, 1.82) is 0 Å². The molecule has 0 saturated heterocycles. The zero-order valence-electron chi connectivity index (χ0n) is 20.1. The van der Waals surface area contributed by atoms with E-state index in [2.05, 4.69) is 36.4 Å². The molecule has 186 valence electrons. The largest absolute Gasteiger partial charge is 0.461 e. The number of aliphatic hydroxyl groups excluding tert-OH is 2. The van der Waals surface area contributed by atoms with Crippen molar-refractivity contribution in [2.75, 3.05) is 6.61 Å². The number of hydrogen-bond donors (Lipinski definition) is 2. The van der Waals surface area contributed by atoms with Crippen molar-refractivity contribution in [2.24, 2.45) is 28.6 Å². The Morgan fingerprint density at radius 2 is 2.06 bits per heavy atom. The summed E-state index contributed by atoms with van der Waals surface area (Å²) in [4.78, 5) is 23.0. The van der Waals surface area contributed by atoms with Crippen LogP contribution < -0.4 is 0 Å². The second-order valence-corrected chi connectivity index (χ2v) is 12.1. The second kappa shape index (κ2) is 9.63. The van der Waals surface area contributed by atoms with Gasteiger partial charge in [0.05, 0.1) is 17.5 Å². The Morgan fingerprint density at radius 3 is 2.73 bits per heavy atom. The number of rotatable bonds is 7. The van der Waals surface area contributed by atoms with Gasteiger partial charge in [-0.1, -0.05) is 48.0 Å². The summed E-state index contributed by atoms with van der Waals surface area (Å²) < 4.78 is 5.73. The molecule has 4 aliphatic carbocycles. The van der Waals surface area contributed by atoms with E-state index in [1.807, 2.05) is 6.08 Å². The van der Waals surface area contributed by atoms with Crippen LogP contribution in [0.1, 0.15) is 72.1 Å². The van der Waals surface area contributed by atoms with Crippen molar-refractivity contribution in [3.8, 4) is 0 Å². The van der Waals surface area contributed by atoms with Crippen LogP contribution >= 0.6 is 15.9 Å². The third-order valence-corrected chi connectivity index (χ3v) is 9.99. The molecule has 0 bridgehead atoms. The third kappa shape index (κ3) is 4.32. The van der Waals surface area contributed by atoms with E-state index in [1.54, 1.807) is 0 Å². The van der Waals surface area contributed by atoms with E-state index in [9.17, 15) is 15.0 Å². The first-order valence-electron chi connectivity index (χ1n) is 12.5. The minimum Gasteiger partial charge on any atom is -0.461 e. The van der Waals surface area contributed by atoms with Crippen LogP contribution in [0.25, 0.3) is 0 Å². The van der Waals surface area contributed by atoms with Crippen molar-refractivity contribution in [2.45, 2.75) is 95.3 Å². The van der Waals surface area contributed by atoms with E-state index < -0.39 is 11.5 Å². The molecule has 33 heavy (non-hydrogen) atoms. The molecule has 3 saturated carbocycles. The summed E-state index contributed by atoms with van der Waals surface area (Å²) >= 11 is 3.74. The van der Waals surface area contributed by atoms with Crippen LogP contribution in [0.15, 0.2) is 24.0 Å². The lowest BCUT2D eigenvalue weighted by atomic mass is 9.47. The van der Waals surface area contributed by atoms with Crippen molar-refractivity contribution in [1.82, 2.24) is 0 Å². The number of aliphatic hydroxyl groups is 2. The normalized spacial score (nSPS) is 44.2. The van der Waals surface area contributed by atoms with Crippen LogP contribution in [0.5, 0.6) is 0 Å². The highest BCUT2D eigenvalue weighted by Crippen LogP contribution is 2.66. The standard InChI is InChI=1S/C26H39BrO6/c1-5-6-15(2)32-33-18-7-9-25(4)17(11-18)12-22(30)23-19(25)8-10-26(14-28)20(23)13-21(27)24(26)31-16(3)29/h12,18-24,28,30H,2,5-11,13-14H2,1,3-4H3/t18-,19?,20?,21+,22-,23?,24-,25-,26+/m0/s1. The summed E-state index contributed by atoms with van der Waals surface area (Å²) in [5, 5.41) is 21.9. The molecule has 4 aliphatic rings. The number of allylic oxidation sites excluding steroid dienone is 1. The summed E-state index contributed by atoms with van der Waals surface area (Å²) in [6.07, 6.45) is 7.93.